The topological polar surface area (TPSA) is 97.6 Å². The molecule has 8 nitrogen and oxygen atoms in total. The van der Waals surface area contributed by atoms with Gasteiger partial charge in [0.2, 0.25) is 0 Å². The number of benzene rings is 2. The van der Waals surface area contributed by atoms with Crippen LogP contribution in [0, 0.1) is 10.1 Å². The van der Waals surface area contributed by atoms with Crippen molar-refractivity contribution < 1.29 is 14.5 Å². The Morgan fingerprint density at radius 1 is 1.13 bits per heavy atom. The van der Waals surface area contributed by atoms with Gasteiger partial charge in [-0.15, -0.1) is 0 Å². The lowest BCUT2D eigenvalue weighted by Crippen LogP contribution is -2.36. The van der Waals surface area contributed by atoms with Crippen LogP contribution in [0.25, 0.3) is 22.0 Å². The molecule has 1 heterocycles. The molecule has 0 saturated carbocycles. The van der Waals surface area contributed by atoms with E-state index in [2.05, 4.69) is 29.0 Å². The van der Waals surface area contributed by atoms with Gasteiger partial charge in [0.1, 0.15) is 0 Å². The minimum atomic E-state index is -0.587. The predicted molar refractivity (Wildman–Crippen MR) is 116 cm³/mol. The maximum absolute atomic E-state index is 12.3. The summed E-state index contributed by atoms with van der Waals surface area (Å²) in [5, 5.41) is 15.1. The minimum absolute atomic E-state index is 0.0534. The Bertz CT molecular complexity index is 1040. The third-order valence-electron chi connectivity index (χ3n) is 4.89. The van der Waals surface area contributed by atoms with Crippen molar-refractivity contribution in [3.05, 3.63) is 64.8 Å². The molecule has 1 aromatic heterocycles. The number of nitrogens with zero attached hydrogens (tertiary/aromatic N) is 3. The third-order valence-corrected chi connectivity index (χ3v) is 4.89. The molecule has 8 heteroatoms. The van der Waals surface area contributed by atoms with E-state index >= 15 is 0 Å². The number of rotatable bonds is 8. The third kappa shape index (κ3) is 4.90. The van der Waals surface area contributed by atoms with Crippen LogP contribution in [0.5, 0.6) is 5.75 Å². The zero-order valence-electron chi connectivity index (χ0n) is 17.0. The second-order valence-corrected chi connectivity index (χ2v) is 6.67. The average molecular weight is 408 g/mol. The van der Waals surface area contributed by atoms with Gasteiger partial charge in [0.25, 0.3) is 5.69 Å². The number of nitro benzene ring substituents is 1. The van der Waals surface area contributed by atoms with Gasteiger partial charge >= 0.3 is 6.09 Å². The maximum Gasteiger partial charge on any atom is 0.412 e. The van der Waals surface area contributed by atoms with Crippen LogP contribution in [0.2, 0.25) is 0 Å². The number of carbonyl (C=O) groups excluding carboxylic acids is 1. The highest BCUT2D eigenvalue weighted by molar-refractivity contribution is 6.00. The van der Waals surface area contributed by atoms with Crippen LogP contribution >= 0.6 is 0 Å². The number of pyridine rings is 1. The van der Waals surface area contributed by atoms with Crippen LogP contribution in [-0.4, -0.2) is 47.1 Å². The summed E-state index contributed by atoms with van der Waals surface area (Å²) in [7, 11) is 0. The van der Waals surface area contributed by atoms with Crippen molar-refractivity contribution in [2.24, 2.45) is 0 Å². The summed E-state index contributed by atoms with van der Waals surface area (Å²) in [6.07, 6.45) is 0.886. The normalized spacial score (nSPS) is 10.9. The standard InChI is InChI=1S/C22H24N4O4/c1-3-25(4-2)13-12-23-22(27)30-20-15-24-21(16-8-6-5-7-9-16)19-14-17(26(28)29)10-11-18(19)20/h5-11,14-15H,3-4,12-13H2,1-2H3,(H,23,27). The Labute approximate surface area is 174 Å². The number of ether oxygens (including phenoxy) is 1. The number of likely N-dealkylation sites (N-methyl/N-ethyl adjacent to an activating group) is 1. The van der Waals surface area contributed by atoms with Gasteiger partial charge in [0.15, 0.2) is 5.75 Å². The first-order chi connectivity index (χ1) is 14.5. The molecular weight excluding hydrogens is 384 g/mol. The van der Waals surface area contributed by atoms with E-state index in [4.69, 9.17) is 4.74 Å². The molecule has 0 saturated heterocycles. The number of aromatic nitrogens is 1. The molecule has 0 bridgehead atoms. The molecule has 0 fully saturated rings. The number of nitro groups is 1. The molecule has 1 N–H and O–H groups in total. The Hall–Kier alpha value is -3.52. The molecule has 0 aliphatic heterocycles. The summed E-state index contributed by atoms with van der Waals surface area (Å²) in [6, 6.07) is 13.8. The van der Waals surface area contributed by atoms with Crippen LogP contribution in [0.3, 0.4) is 0 Å². The van der Waals surface area contributed by atoms with E-state index in [0.29, 0.717) is 23.0 Å². The molecule has 3 aromatic rings. The highest BCUT2D eigenvalue weighted by Crippen LogP contribution is 2.34. The SMILES string of the molecule is CCN(CC)CCNC(=O)Oc1cnc(-c2ccccc2)c2cc([N+](=O)[O-])ccc12. The van der Waals surface area contributed by atoms with E-state index in [0.717, 1.165) is 25.2 Å². The summed E-state index contributed by atoms with van der Waals surface area (Å²) in [5.74, 6) is 0.250. The van der Waals surface area contributed by atoms with E-state index < -0.39 is 11.0 Å². The average Bonchev–Trinajstić information content (AvgIpc) is 2.77. The molecular formula is C22H24N4O4. The highest BCUT2D eigenvalue weighted by atomic mass is 16.6. The fraction of sp³-hybridized carbons (Fsp3) is 0.273. The van der Waals surface area contributed by atoms with Crippen molar-refractivity contribution in [1.29, 1.82) is 0 Å². The lowest BCUT2D eigenvalue weighted by atomic mass is 10.0. The highest BCUT2D eigenvalue weighted by Gasteiger charge is 2.16. The zero-order valence-corrected chi connectivity index (χ0v) is 17.0. The van der Waals surface area contributed by atoms with Gasteiger partial charge < -0.3 is 15.0 Å². The van der Waals surface area contributed by atoms with Crippen molar-refractivity contribution in [3.8, 4) is 17.0 Å². The Morgan fingerprint density at radius 3 is 2.53 bits per heavy atom. The van der Waals surface area contributed by atoms with Gasteiger partial charge in [-0.05, 0) is 19.2 Å². The first-order valence-electron chi connectivity index (χ1n) is 9.84. The quantitative estimate of drug-likeness (QED) is 0.442. The van der Waals surface area contributed by atoms with Crippen molar-refractivity contribution in [1.82, 2.24) is 15.2 Å². The monoisotopic (exact) mass is 408 g/mol. The molecule has 0 spiro atoms. The number of hydrogen-bond donors (Lipinski definition) is 1. The number of carbonyl (C=O) groups is 1. The number of nitrogens with one attached hydrogen (secondary N) is 1. The van der Waals surface area contributed by atoms with E-state index in [9.17, 15) is 14.9 Å². The molecule has 3 rings (SSSR count). The van der Waals surface area contributed by atoms with E-state index in [1.54, 1.807) is 6.07 Å². The fourth-order valence-electron chi connectivity index (χ4n) is 3.22. The van der Waals surface area contributed by atoms with Crippen LogP contribution < -0.4 is 10.1 Å². The van der Waals surface area contributed by atoms with Crippen LogP contribution in [-0.2, 0) is 0 Å². The van der Waals surface area contributed by atoms with Gasteiger partial charge in [-0.2, -0.15) is 0 Å². The predicted octanol–water partition coefficient (Wildman–Crippen LogP) is 4.24. The maximum atomic E-state index is 12.3. The number of amides is 1. The van der Waals surface area contributed by atoms with Gasteiger partial charge in [-0.1, -0.05) is 44.2 Å². The molecule has 2 aromatic carbocycles. The van der Waals surface area contributed by atoms with Gasteiger partial charge in [0, 0.05) is 41.6 Å². The van der Waals surface area contributed by atoms with E-state index in [1.165, 1.54) is 18.3 Å². The molecule has 1 amide bonds. The van der Waals surface area contributed by atoms with Gasteiger partial charge in [0.05, 0.1) is 16.8 Å². The summed E-state index contributed by atoms with van der Waals surface area (Å²) in [4.78, 5) is 29.7. The molecule has 0 radical (unpaired) electrons. The fourth-order valence-corrected chi connectivity index (χ4v) is 3.22. The van der Waals surface area contributed by atoms with Crippen molar-refractivity contribution >= 4 is 22.6 Å². The van der Waals surface area contributed by atoms with Crippen LogP contribution in [0.15, 0.2) is 54.7 Å². The second-order valence-electron chi connectivity index (χ2n) is 6.67. The molecule has 156 valence electrons. The molecule has 0 unspecified atom stereocenters. The van der Waals surface area contributed by atoms with Crippen LogP contribution in [0.1, 0.15) is 13.8 Å². The summed E-state index contributed by atoms with van der Waals surface area (Å²) >= 11 is 0. The lowest BCUT2D eigenvalue weighted by Gasteiger charge is -2.18. The summed E-state index contributed by atoms with van der Waals surface area (Å²) in [5.41, 5.74) is 1.35. The van der Waals surface area contributed by atoms with Crippen LogP contribution in [0.4, 0.5) is 10.5 Å². The van der Waals surface area contributed by atoms with E-state index in [-0.39, 0.29) is 11.4 Å². The van der Waals surface area contributed by atoms with E-state index in [1.807, 2.05) is 30.3 Å². The minimum Gasteiger partial charge on any atom is -0.408 e. The molecule has 30 heavy (non-hydrogen) atoms. The van der Waals surface area contributed by atoms with Gasteiger partial charge in [-0.25, -0.2) is 4.79 Å². The first kappa shape index (κ1) is 21.2. The van der Waals surface area contributed by atoms with Gasteiger partial charge in [-0.3, -0.25) is 15.1 Å². The van der Waals surface area contributed by atoms with Crippen molar-refractivity contribution in [2.45, 2.75) is 13.8 Å². The second kappa shape index (κ2) is 9.80. The van der Waals surface area contributed by atoms with Crippen molar-refractivity contribution in [2.75, 3.05) is 26.2 Å². The molecule has 0 aliphatic rings. The molecule has 0 atom stereocenters. The number of fused-ring (bicyclic) bond motifs is 1. The largest absolute Gasteiger partial charge is 0.412 e. The Kier molecular flexibility index (Phi) is 6.92. The Morgan fingerprint density at radius 2 is 1.87 bits per heavy atom. The Balaban J connectivity index is 1.89. The zero-order chi connectivity index (χ0) is 21.5. The number of hydrogen-bond acceptors (Lipinski definition) is 6. The first-order valence-corrected chi connectivity index (χ1v) is 9.84. The molecule has 0 aliphatic carbocycles. The lowest BCUT2D eigenvalue weighted by molar-refractivity contribution is -0.384. The summed E-state index contributed by atoms with van der Waals surface area (Å²) < 4.78 is 5.47. The summed E-state index contributed by atoms with van der Waals surface area (Å²) in [6.45, 7) is 7.11. The smallest absolute Gasteiger partial charge is 0.408 e. The number of non-ortho nitro benzene ring substituents is 1. The van der Waals surface area contributed by atoms with Crippen molar-refractivity contribution in [3.63, 3.8) is 0 Å².